The number of carbonyl (C=O) groups is 1. The lowest BCUT2D eigenvalue weighted by molar-refractivity contribution is 0.194. The number of aromatic nitrogens is 2. The van der Waals surface area contributed by atoms with Crippen LogP contribution in [0.15, 0.2) is 16.7 Å². The Bertz CT molecular complexity index is 929. The SMILES string of the molecule is O=C(O)NCc1cc(F)c(Cl)c2c1[nH]c1ncc(Br)c(Cl)c12. The number of rotatable bonds is 2. The molecule has 1 aromatic carbocycles. The number of aromatic amines is 1. The first kappa shape index (κ1) is 15.3. The summed E-state index contributed by atoms with van der Waals surface area (Å²) in [6, 6.07) is 1.18. The Morgan fingerprint density at radius 3 is 2.82 bits per heavy atom. The summed E-state index contributed by atoms with van der Waals surface area (Å²) >= 11 is 15.6. The number of nitrogens with zero attached hydrogens (tertiary/aromatic N) is 1. The van der Waals surface area contributed by atoms with E-state index in [-0.39, 0.29) is 11.6 Å². The van der Waals surface area contributed by atoms with Gasteiger partial charge in [-0.05, 0) is 27.6 Å². The summed E-state index contributed by atoms with van der Waals surface area (Å²) in [4.78, 5) is 17.8. The predicted molar refractivity (Wildman–Crippen MR) is 86.1 cm³/mol. The number of fused-ring (bicyclic) bond motifs is 3. The molecule has 1 amide bonds. The Morgan fingerprint density at radius 1 is 1.41 bits per heavy atom. The van der Waals surface area contributed by atoms with Crippen LogP contribution in [0.3, 0.4) is 0 Å². The Kier molecular flexibility index (Phi) is 3.88. The van der Waals surface area contributed by atoms with Gasteiger partial charge in [0.2, 0.25) is 0 Å². The summed E-state index contributed by atoms with van der Waals surface area (Å²) < 4.78 is 14.6. The van der Waals surface area contributed by atoms with Gasteiger partial charge in [-0.25, -0.2) is 14.2 Å². The van der Waals surface area contributed by atoms with Crippen LogP contribution in [-0.2, 0) is 6.54 Å². The zero-order chi connectivity index (χ0) is 16.0. The van der Waals surface area contributed by atoms with Crippen molar-refractivity contribution >= 4 is 67.2 Å². The van der Waals surface area contributed by atoms with Crippen LogP contribution in [0.4, 0.5) is 9.18 Å². The minimum absolute atomic E-state index is 0.0778. The summed E-state index contributed by atoms with van der Waals surface area (Å²) in [5, 5.41) is 12.0. The number of benzene rings is 1. The van der Waals surface area contributed by atoms with E-state index in [9.17, 15) is 9.18 Å². The molecule has 0 unspecified atom stereocenters. The molecule has 9 heteroatoms. The lowest BCUT2D eigenvalue weighted by atomic mass is 10.1. The molecule has 0 spiro atoms. The second-order valence-electron chi connectivity index (χ2n) is 4.51. The maximum absolute atomic E-state index is 14.1. The molecule has 0 saturated heterocycles. The van der Waals surface area contributed by atoms with Gasteiger partial charge in [0.15, 0.2) is 0 Å². The van der Waals surface area contributed by atoms with Crippen LogP contribution in [0.5, 0.6) is 0 Å². The van der Waals surface area contributed by atoms with Gasteiger partial charge in [-0.2, -0.15) is 0 Å². The molecule has 0 saturated carbocycles. The van der Waals surface area contributed by atoms with Crippen molar-refractivity contribution in [1.82, 2.24) is 15.3 Å². The van der Waals surface area contributed by atoms with Crippen LogP contribution >= 0.6 is 39.1 Å². The topological polar surface area (TPSA) is 78.0 Å². The highest BCUT2D eigenvalue weighted by molar-refractivity contribution is 9.10. The van der Waals surface area contributed by atoms with E-state index in [1.807, 2.05) is 0 Å². The van der Waals surface area contributed by atoms with Crippen LogP contribution in [0.25, 0.3) is 21.9 Å². The third-order valence-electron chi connectivity index (χ3n) is 3.20. The van der Waals surface area contributed by atoms with Gasteiger partial charge in [-0.1, -0.05) is 23.2 Å². The van der Waals surface area contributed by atoms with E-state index >= 15 is 0 Å². The van der Waals surface area contributed by atoms with Crippen molar-refractivity contribution in [2.24, 2.45) is 0 Å². The lowest BCUT2D eigenvalue weighted by Gasteiger charge is -2.06. The Hall–Kier alpha value is -1.57. The molecular weight excluding hydrogens is 400 g/mol. The summed E-state index contributed by atoms with van der Waals surface area (Å²) in [5.41, 5.74) is 1.33. The third-order valence-corrected chi connectivity index (χ3v) is 4.79. The molecule has 3 rings (SSSR count). The molecule has 0 aliphatic carbocycles. The van der Waals surface area contributed by atoms with Crippen molar-refractivity contribution in [2.45, 2.75) is 6.54 Å². The molecule has 0 bridgehead atoms. The highest BCUT2D eigenvalue weighted by Gasteiger charge is 2.19. The molecule has 3 N–H and O–H groups in total. The van der Waals surface area contributed by atoms with Crippen molar-refractivity contribution in [3.8, 4) is 0 Å². The number of hydrogen-bond acceptors (Lipinski definition) is 2. The van der Waals surface area contributed by atoms with Crippen molar-refractivity contribution in [3.05, 3.63) is 38.2 Å². The molecule has 22 heavy (non-hydrogen) atoms. The van der Waals surface area contributed by atoms with Crippen molar-refractivity contribution in [1.29, 1.82) is 0 Å². The molecule has 3 aromatic rings. The molecule has 0 fully saturated rings. The first-order valence-corrected chi connectivity index (χ1v) is 7.54. The highest BCUT2D eigenvalue weighted by Crippen LogP contribution is 2.40. The first-order chi connectivity index (χ1) is 10.4. The second-order valence-corrected chi connectivity index (χ2v) is 6.12. The molecule has 0 radical (unpaired) electrons. The number of amides is 1. The van der Waals surface area contributed by atoms with Crippen LogP contribution < -0.4 is 5.32 Å². The maximum Gasteiger partial charge on any atom is 0.404 e. The van der Waals surface area contributed by atoms with E-state index in [1.54, 1.807) is 0 Å². The Balaban J connectivity index is 2.38. The Morgan fingerprint density at radius 2 is 2.14 bits per heavy atom. The predicted octanol–water partition coefficient (Wildman–Crippen LogP) is 4.69. The minimum Gasteiger partial charge on any atom is -0.465 e. The van der Waals surface area contributed by atoms with Gasteiger partial charge >= 0.3 is 6.09 Å². The molecule has 0 aliphatic rings. The van der Waals surface area contributed by atoms with Gasteiger partial charge < -0.3 is 15.4 Å². The van der Waals surface area contributed by atoms with E-state index < -0.39 is 11.9 Å². The van der Waals surface area contributed by atoms with Gasteiger partial charge in [0.25, 0.3) is 0 Å². The largest absolute Gasteiger partial charge is 0.465 e. The first-order valence-electron chi connectivity index (χ1n) is 5.99. The number of hydrogen-bond donors (Lipinski definition) is 3. The average Bonchev–Trinajstić information content (AvgIpc) is 2.85. The van der Waals surface area contributed by atoms with Crippen LogP contribution in [-0.4, -0.2) is 21.2 Å². The van der Waals surface area contributed by atoms with E-state index in [4.69, 9.17) is 28.3 Å². The molecule has 114 valence electrons. The van der Waals surface area contributed by atoms with E-state index in [0.29, 0.717) is 37.0 Å². The van der Waals surface area contributed by atoms with E-state index in [0.717, 1.165) is 0 Å². The summed E-state index contributed by atoms with van der Waals surface area (Å²) in [6.45, 7) is -0.0778. The van der Waals surface area contributed by atoms with Crippen molar-refractivity contribution in [3.63, 3.8) is 0 Å². The molecule has 5 nitrogen and oxygen atoms in total. The Labute approximate surface area is 141 Å². The van der Waals surface area contributed by atoms with E-state index in [1.165, 1.54) is 12.3 Å². The molecule has 2 heterocycles. The van der Waals surface area contributed by atoms with Gasteiger partial charge in [0.1, 0.15) is 11.5 Å². The molecule has 0 aliphatic heterocycles. The van der Waals surface area contributed by atoms with Gasteiger partial charge in [-0.3, -0.25) is 0 Å². The fraction of sp³-hybridized carbons (Fsp3) is 0.0769. The number of pyridine rings is 1. The van der Waals surface area contributed by atoms with Crippen LogP contribution in [0.1, 0.15) is 5.56 Å². The zero-order valence-corrected chi connectivity index (χ0v) is 13.8. The monoisotopic (exact) mass is 405 g/mol. The van der Waals surface area contributed by atoms with Crippen LogP contribution in [0.2, 0.25) is 10.0 Å². The quantitative estimate of drug-likeness (QED) is 0.577. The standard InChI is InChI=1S/C13H7BrCl2FN3O2/c14-5-3-18-12-8(9(5)15)7-10(16)6(17)1-4(11(7)20-12)2-19-13(21)22/h1,3,19H,2H2,(H,18,20)(H,21,22). The summed E-state index contributed by atoms with van der Waals surface area (Å²) in [5.74, 6) is -0.659. The van der Waals surface area contributed by atoms with Gasteiger partial charge in [-0.15, -0.1) is 0 Å². The number of nitrogens with one attached hydrogen (secondary N) is 2. The smallest absolute Gasteiger partial charge is 0.404 e. The minimum atomic E-state index is -1.21. The fourth-order valence-electron chi connectivity index (χ4n) is 2.27. The second kappa shape index (κ2) is 5.57. The molecule has 2 aromatic heterocycles. The number of carboxylic acid groups (broad SMARTS) is 1. The average molecular weight is 407 g/mol. The maximum atomic E-state index is 14.1. The van der Waals surface area contributed by atoms with E-state index in [2.05, 4.69) is 31.2 Å². The normalized spacial score (nSPS) is 11.3. The summed E-state index contributed by atoms with van der Waals surface area (Å²) in [6.07, 6.45) is 0.304. The third kappa shape index (κ3) is 2.39. The molecular formula is C13H7BrCl2FN3O2. The van der Waals surface area contributed by atoms with Crippen molar-refractivity contribution in [2.75, 3.05) is 0 Å². The number of H-pyrrole nitrogens is 1. The molecule has 0 atom stereocenters. The van der Waals surface area contributed by atoms with Gasteiger partial charge in [0, 0.05) is 23.5 Å². The zero-order valence-electron chi connectivity index (χ0n) is 10.7. The number of halogens is 4. The summed E-state index contributed by atoms with van der Waals surface area (Å²) in [7, 11) is 0. The van der Waals surface area contributed by atoms with Gasteiger partial charge in [0.05, 0.1) is 20.0 Å². The highest BCUT2D eigenvalue weighted by atomic mass is 79.9. The lowest BCUT2D eigenvalue weighted by Crippen LogP contribution is -2.20. The van der Waals surface area contributed by atoms with Crippen molar-refractivity contribution < 1.29 is 14.3 Å². The fourth-order valence-corrected chi connectivity index (χ4v) is 3.05. The van der Waals surface area contributed by atoms with Crippen LogP contribution in [0, 0.1) is 5.82 Å².